The Hall–Kier alpha value is -4.82. The fourth-order valence-electron chi connectivity index (χ4n) is 3.47. The summed E-state index contributed by atoms with van der Waals surface area (Å²) in [5.74, 6) is 0.818. The molecule has 0 aliphatic heterocycles. The minimum atomic E-state index is -0.352. The highest BCUT2D eigenvalue weighted by Crippen LogP contribution is 2.36. The number of hydrogen-bond donors (Lipinski definition) is 2. The van der Waals surface area contributed by atoms with Crippen molar-refractivity contribution in [2.75, 3.05) is 10.7 Å². The van der Waals surface area contributed by atoms with Gasteiger partial charge in [-0.15, -0.1) is 0 Å². The Balaban J connectivity index is 1.34. The van der Waals surface area contributed by atoms with Crippen LogP contribution in [0, 0.1) is 5.82 Å². The van der Waals surface area contributed by atoms with Gasteiger partial charge in [0.15, 0.2) is 0 Å². The van der Waals surface area contributed by atoms with Crippen molar-refractivity contribution >= 4 is 33.6 Å². The van der Waals surface area contributed by atoms with Crippen LogP contribution in [0.2, 0.25) is 0 Å². The Morgan fingerprint density at radius 1 is 0.865 bits per heavy atom. The van der Waals surface area contributed by atoms with Gasteiger partial charge in [-0.3, -0.25) is 10.2 Å². The van der Waals surface area contributed by atoms with Crippen LogP contribution in [0.5, 0.6) is 11.5 Å². The Kier molecular flexibility index (Phi) is 7.29. The van der Waals surface area contributed by atoms with Crippen molar-refractivity contribution in [3.8, 4) is 22.8 Å². The second kappa shape index (κ2) is 11.3. The maximum Gasteiger partial charge on any atom is 0.256 e. The summed E-state index contributed by atoms with van der Waals surface area (Å²) in [4.78, 5) is 17.4. The molecular weight excluding hydrogens is 487 g/mol. The van der Waals surface area contributed by atoms with Gasteiger partial charge >= 0.3 is 0 Å². The quantitative estimate of drug-likeness (QED) is 0.169. The number of halogens is 1. The maximum atomic E-state index is 13.5. The fourth-order valence-corrected chi connectivity index (χ4v) is 4.30. The number of carbonyl (C=O) groups is 1. The van der Waals surface area contributed by atoms with Crippen molar-refractivity contribution in [1.29, 1.82) is 0 Å². The third kappa shape index (κ3) is 6.25. The second-order valence-corrected chi connectivity index (χ2v) is 8.88. The molecular formula is C29H21FN4O2S. The summed E-state index contributed by atoms with van der Waals surface area (Å²) in [7, 11) is 0. The number of hydrogen-bond acceptors (Lipinski definition) is 6. The van der Waals surface area contributed by atoms with E-state index >= 15 is 0 Å². The monoisotopic (exact) mass is 508 g/mol. The van der Waals surface area contributed by atoms with E-state index in [9.17, 15) is 9.18 Å². The van der Waals surface area contributed by atoms with Crippen LogP contribution in [0.25, 0.3) is 11.3 Å². The van der Waals surface area contributed by atoms with E-state index in [4.69, 9.17) is 4.74 Å². The van der Waals surface area contributed by atoms with Gasteiger partial charge in [0, 0.05) is 11.1 Å². The van der Waals surface area contributed by atoms with Crippen molar-refractivity contribution < 1.29 is 13.9 Å². The second-order valence-electron chi connectivity index (χ2n) is 7.88. The average Bonchev–Trinajstić information content (AvgIpc) is 3.32. The first-order valence-electron chi connectivity index (χ1n) is 11.4. The molecule has 0 aliphatic carbocycles. The predicted octanol–water partition coefficient (Wildman–Crippen LogP) is 7.44. The van der Waals surface area contributed by atoms with Gasteiger partial charge in [-0.25, -0.2) is 9.37 Å². The molecule has 37 heavy (non-hydrogen) atoms. The van der Waals surface area contributed by atoms with E-state index in [-0.39, 0.29) is 11.7 Å². The van der Waals surface area contributed by atoms with Crippen LogP contribution < -0.4 is 15.5 Å². The van der Waals surface area contributed by atoms with E-state index in [1.54, 1.807) is 42.6 Å². The molecule has 5 rings (SSSR count). The molecule has 2 N–H and O–H groups in total. The van der Waals surface area contributed by atoms with Crippen LogP contribution in [-0.4, -0.2) is 17.1 Å². The number of aromatic nitrogens is 1. The summed E-state index contributed by atoms with van der Waals surface area (Å²) in [5, 5.41) is 8.21. The molecule has 1 heterocycles. The molecule has 5 aromatic rings. The first-order valence-corrected chi connectivity index (χ1v) is 12.2. The lowest BCUT2D eigenvalue weighted by atomic mass is 10.1. The third-order valence-corrected chi connectivity index (χ3v) is 6.09. The number of anilines is 2. The number of hydrazone groups is 1. The van der Waals surface area contributed by atoms with E-state index in [0.29, 0.717) is 32.7 Å². The van der Waals surface area contributed by atoms with E-state index in [0.717, 1.165) is 11.3 Å². The first-order chi connectivity index (χ1) is 18.1. The summed E-state index contributed by atoms with van der Waals surface area (Å²) in [6.45, 7) is 0. The van der Waals surface area contributed by atoms with Gasteiger partial charge < -0.3 is 10.1 Å². The molecule has 0 bridgehead atoms. The number of thiazole rings is 1. The van der Waals surface area contributed by atoms with E-state index in [1.165, 1.54) is 23.5 Å². The summed E-state index contributed by atoms with van der Waals surface area (Å²) in [6.07, 6.45) is 1.65. The number of carbonyl (C=O) groups excluding carboxylic acids is 1. The molecule has 0 unspecified atom stereocenters. The number of rotatable bonds is 8. The van der Waals surface area contributed by atoms with E-state index in [2.05, 4.69) is 20.8 Å². The zero-order valence-corrected chi connectivity index (χ0v) is 20.3. The maximum absolute atomic E-state index is 13.5. The highest BCUT2D eigenvalue weighted by atomic mass is 32.1. The van der Waals surface area contributed by atoms with Gasteiger partial charge in [-0.2, -0.15) is 5.10 Å². The topological polar surface area (TPSA) is 75.6 Å². The molecule has 0 saturated heterocycles. The molecule has 8 heteroatoms. The van der Waals surface area contributed by atoms with Gasteiger partial charge in [0.1, 0.15) is 28.0 Å². The van der Waals surface area contributed by atoms with Gasteiger partial charge in [-0.1, -0.05) is 59.9 Å². The number of nitrogens with zero attached hydrogens (tertiary/aromatic N) is 2. The number of nitrogens with one attached hydrogen (secondary N) is 2. The van der Waals surface area contributed by atoms with Crippen LogP contribution in [0.15, 0.2) is 114 Å². The zero-order chi connectivity index (χ0) is 25.5. The van der Waals surface area contributed by atoms with Gasteiger partial charge in [0.25, 0.3) is 5.91 Å². The van der Waals surface area contributed by atoms with E-state index in [1.807, 2.05) is 60.7 Å². The van der Waals surface area contributed by atoms with Crippen molar-refractivity contribution in [2.24, 2.45) is 5.10 Å². The molecule has 4 aromatic carbocycles. The highest BCUT2D eigenvalue weighted by molar-refractivity contribution is 7.20. The molecule has 0 aliphatic rings. The van der Waals surface area contributed by atoms with Crippen molar-refractivity contribution in [3.63, 3.8) is 0 Å². The van der Waals surface area contributed by atoms with Gasteiger partial charge in [0.2, 0.25) is 5.13 Å². The van der Waals surface area contributed by atoms with Crippen molar-refractivity contribution in [1.82, 2.24) is 4.98 Å². The molecule has 0 saturated carbocycles. The molecule has 0 radical (unpaired) electrons. The summed E-state index contributed by atoms with van der Waals surface area (Å²) in [5.41, 5.74) is 5.46. The van der Waals surface area contributed by atoms with Gasteiger partial charge in [-0.05, 0) is 66.2 Å². The molecule has 0 spiro atoms. The van der Waals surface area contributed by atoms with Crippen LogP contribution in [0.3, 0.4) is 0 Å². The first kappa shape index (κ1) is 23.9. The number of amides is 1. The molecule has 6 nitrogen and oxygen atoms in total. The molecule has 1 aromatic heterocycles. The van der Waals surface area contributed by atoms with E-state index < -0.39 is 0 Å². The predicted molar refractivity (Wildman–Crippen MR) is 146 cm³/mol. The minimum Gasteiger partial charge on any atom is -0.457 e. The normalized spacial score (nSPS) is 10.8. The zero-order valence-electron chi connectivity index (χ0n) is 19.5. The Morgan fingerprint density at radius 3 is 2.32 bits per heavy atom. The smallest absolute Gasteiger partial charge is 0.256 e. The standard InChI is InChI=1S/C29H21FN4O2S/c30-23-16-14-21(15-17-23)26-28(33-27(35)22-9-3-1-4-10-22)37-29(32-26)34-31-19-20-8-7-13-25(18-20)36-24-11-5-2-6-12-24/h1-19H,(H,32,34)(H,33,35)/b31-19-. The number of para-hydroxylation sites is 1. The molecule has 0 atom stereocenters. The summed E-state index contributed by atoms with van der Waals surface area (Å²) < 4.78 is 19.4. The minimum absolute atomic E-state index is 0.266. The third-order valence-electron chi connectivity index (χ3n) is 5.22. The summed E-state index contributed by atoms with van der Waals surface area (Å²) >= 11 is 1.24. The lowest BCUT2D eigenvalue weighted by Gasteiger charge is -2.05. The SMILES string of the molecule is O=C(Nc1sc(N/N=C\c2cccc(Oc3ccccc3)c2)nc1-c1ccc(F)cc1)c1ccccc1. The number of benzene rings is 4. The van der Waals surface area contributed by atoms with Crippen molar-refractivity contribution in [2.45, 2.75) is 0 Å². The molecule has 1 amide bonds. The van der Waals surface area contributed by atoms with Gasteiger partial charge in [0.05, 0.1) is 6.21 Å². The largest absolute Gasteiger partial charge is 0.457 e. The van der Waals surface area contributed by atoms with Crippen LogP contribution in [0.1, 0.15) is 15.9 Å². The van der Waals surface area contributed by atoms with Crippen LogP contribution in [-0.2, 0) is 0 Å². The van der Waals surface area contributed by atoms with Crippen LogP contribution in [0.4, 0.5) is 14.5 Å². The summed E-state index contributed by atoms with van der Waals surface area (Å²) in [6, 6.07) is 31.9. The molecule has 0 fully saturated rings. The lowest BCUT2D eigenvalue weighted by molar-refractivity contribution is 0.102. The highest BCUT2D eigenvalue weighted by Gasteiger charge is 2.16. The Labute approximate surface area is 217 Å². The Bertz CT molecular complexity index is 1520. The average molecular weight is 509 g/mol. The van der Waals surface area contributed by atoms with Crippen LogP contribution >= 0.6 is 11.3 Å². The van der Waals surface area contributed by atoms with Crippen molar-refractivity contribution in [3.05, 3.63) is 126 Å². The fraction of sp³-hybridized carbons (Fsp3) is 0. The molecule has 182 valence electrons. The Morgan fingerprint density at radius 2 is 1.57 bits per heavy atom. The lowest BCUT2D eigenvalue weighted by Crippen LogP contribution is -2.11. The number of ether oxygens (including phenoxy) is 1.